The van der Waals surface area contributed by atoms with Crippen molar-refractivity contribution in [3.63, 3.8) is 0 Å². The third-order valence-electron chi connectivity index (χ3n) is 4.38. The molecule has 0 aliphatic carbocycles. The number of aryl methyl sites for hydroxylation is 1. The minimum absolute atomic E-state index is 0.540. The molecule has 26 heavy (non-hydrogen) atoms. The molecule has 0 aliphatic rings. The Morgan fingerprint density at radius 2 is 1.69 bits per heavy atom. The fourth-order valence-electron chi connectivity index (χ4n) is 3.19. The van der Waals surface area contributed by atoms with E-state index in [0.717, 1.165) is 17.7 Å². The predicted molar refractivity (Wildman–Crippen MR) is 103 cm³/mol. The zero-order valence-electron chi connectivity index (χ0n) is 16.2. The van der Waals surface area contributed by atoms with Crippen molar-refractivity contribution < 1.29 is 14.6 Å². The molecular formula is C21H28N2O3. The van der Waals surface area contributed by atoms with Crippen molar-refractivity contribution in [2.24, 2.45) is 0 Å². The lowest BCUT2D eigenvalue weighted by Gasteiger charge is -2.27. The summed E-state index contributed by atoms with van der Waals surface area (Å²) in [6.45, 7) is 3.31. The standard InChI is InChI=1S/C21H28N2O3/c1-15-10-11-19(26-5)18(12-15)20(21(24)25)23(4)14-17-9-7-6-8-16(17)13-22(2)3/h6-12,20H,13-14H2,1-5H3,(H,24,25)/t20-/m0/s1. The number of likely N-dealkylation sites (N-methyl/N-ethyl adjacent to an activating group) is 1. The first-order chi connectivity index (χ1) is 12.3. The lowest BCUT2D eigenvalue weighted by molar-refractivity contribution is -0.143. The van der Waals surface area contributed by atoms with Gasteiger partial charge in [0.1, 0.15) is 11.8 Å². The summed E-state index contributed by atoms with van der Waals surface area (Å²) < 4.78 is 5.41. The molecule has 1 N–H and O–H groups in total. The molecule has 0 bridgehead atoms. The number of benzene rings is 2. The Balaban J connectivity index is 2.35. The van der Waals surface area contributed by atoms with Crippen LogP contribution in [0.15, 0.2) is 42.5 Å². The maximum absolute atomic E-state index is 12.1. The van der Waals surface area contributed by atoms with Crippen LogP contribution in [0.25, 0.3) is 0 Å². The lowest BCUT2D eigenvalue weighted by Crippen LogP contribution is -2.31. The van der Waals surface area contributed by atoms with Gasteiger partial charge in [0.15, 0.2) is 0 Å². The van der Waals surface area contributed by atoms with Gasteiger partial charge < -0.3 is 14.7 Å². The molecule has 5 nitrogen and oxygen atoms in total. The van der Waals surface area contributed by atoms with Gasteiger partial charge >= 0.3 is 5.97 Å². The van der Waals surface area contributed by atoms with Gasteiger partial charge in [-0.3, -0.25) is 9.69 Å². The Morgan fingerprint density at radius 1 is 1.08 bits per heavy atom. The monoisotopic (exact) mass is 356 g/mol. The van der Waals surface area contributed by atoms with Crippen LogP contribution in [-0.4, -0.2) is 49.1 Å². The zero-order chi connectivity index (χ0) is 19.3. The summed E-state index contributed by atoms with van der Waals surface area (Å²) in [5, 5.41) is 9.90. The Bertz CT molecular complexity index is 759. The lowest BCUT2D eigenvalue weighted by atomic mass is 10.0. The Morgan fingerprint density at radius 3 is 2.23 bits per heavy atom. The molecule has 0 unspecified atom stereocenters. The number of nitrogens with zero attached hydrogens (tertiary/aromatic N) is 2. The van der Waals surface area contributed by atoms with E-state index >= 15 is 0 Å². The summed E-state index contributed by atoms with van der Waals surface area (Å²) in [5.74, 6) is -0.294. The Kier molecular flexibility index (Phi) is 6.77. The maximum Gasteiger partial charge on any atom is 0.325 e. The average Bonchev–Trinajstić information content (AvgIpc) is 2.56. The molecular weight excluding hydrogens is 328 g/mol. The minimum atomic E-state index is -0.888. The van der Waals surface area contributed by atoms with Crippen molar-refractivity contribution in [3.8, 4) is 5.75 Å². The molecule has 5 heteroatoms. The highest BCUT2D eigenvalue weighted by atomic mass is 16.5. The molecule has 140 valence electrons. The first-order valence-corrected chi connectivity index (χ1v) is 8.62. The largest absolute Gasteiger partial charge is 0.496 e. The van der Waals surface area contributed by atoms with Gasteiger partial charge in [0.2, 0.25) is 0 Å². The topological polar surface area (TPSA) is 53.0 Å². The van der Waals surface area contributed by atoms with E-state index in [2.05, 4.69) is 17.0 Å². The van der Waals surface area contributed by atoms with E-state index in [1.54, 1.807) is 7.11 Å². The second-order valence-electron chi connectivity index (χ2n) is 6.91. The Labute approximate surface area is 155 Å². The van der Waals surface area contributed by atoms with Crippen molar-refractivity contribution in [2.75, 3.05) is 28.3 Å². The SMILES string of the molecule is COc1ccc(C)cc1[C@@H](C(=O)O)N(C)Cc1ccccc1CN(C)C. The summed E-state index contributed by atoms with van der Waals surface area (Å²) in [4.78, 5) is 16.0. The molecule has 0 aromatic heterocycles. The molecule has 1 atom stereocenters. The van der Waals surface area contributed by atoms with Crippen LogP contribution < -0.4 is 4.74 Å². The third kappa shape index (κ3) is 4.84. The molecule has 0 radical (unpaired) electrons. The smallest absolute Gasteiger partial charge is 0.325 e. The predicted octanol–water partition coefficient (Wildman–Crippen LogP) is 3.32. The van der Waals surface area contributed by atoms with E-state index in [1.807, 2.05) is 63.3 Å². The molecule has 0 aliphatic heterocycles. The van der Waals surface area contributed by atoms with Gasteiger partial charge in [0, 0.05) is 18.7 Å². The number of carboxylic acids is 1. The second-order valence-corrected chi connectivity index (χ2v) is 6.91. The number of carbonyl (C=O) groups is 1. The Hall–Kier alpha value is -2.37. The molecule has 0 heterocycles. The number of methoxy groups -OCH3 is 1. The van der Waals surface area contributed by atoms with Gasteiger partial charge in [0.25, 0.3) is 0 Å². The van der Waals surface area contributed by atoms with Crippen molar-refractivity contribution in [1.82, 2.24) is 9.80 Å². The molecule has 0 fully saturated rings. The van der Waals surface area contributed by atoms with Crippen LogP contribution in [0.4, 0.5) is 0 Å². The average molecular weight is 356 g/mol. The second kappa shape index (κ2) is 8.83. The number of rotatable bonds is 8. The normalized spacial score (nSPS) is 12.4. The van der Waals surface area contributed by atoms with Crippen LogP contribution in [0.5, 0.6) is 5.75 Å². The van der Waals surface area contributed by atoms with Crippen LogP contribution >= 0.6 is 0 Å². The van der Waals surface area contributed by atoms with E-state index in [-0.39, 0.29) is 0 Å². The zero-order valence-corrected chi connectivity index (χ0v) is 16.2. The fraction of sp³-hybridized carbons (Fsp3) is 0.381. The van der Waals surface area contributed by atoms with E-state index in [4.69, 9.17) is 4.74 Å². The van der Waals surface area contributed by atoms with Crippen LogP contribution in [0.2, 0.25) is 0 Å². The molecule has 0 amide bonds. The van der Waals surface area contributed by atoms with E-state index in [1.165, 1.54) is 5.56 Å². The fourth-order valence-corrected chi connectivity index (χ4v) is 3.19. The van der Waals surface area contributed by atoms with Gasteiger partial charge in [0.05, 0.1) is 7.11 Å². The number of carboxylic acid groups (broad SMARTS) is 1. The summed E-state index contributed by atoms with van der Waals surface area (Å²) >= 11 is 0. The van der Waals surface area contributed by atoms with E-state index in [9.17, 15) is 9.90 Å². The van der Waals surface area contributed by atoms with Crippen molar-refractivity contribution in [2.45, 2.75) is 26.1 Å². The number of ether oxygens (including phenoxy) is 1. The summed E-state index contributed by atoms with van der Waals surface area (Å²) in [6, 6.07) is 13.0. The highest BCUT2D eigenvalue weighted by Crippen LogP contribution is 2.31. The van der Waals surface area contributed by atoms with Crippen molar-refractivity contribution in [1.29, 1.82) is 0 Å². The van der Waals surface area contributed by atoms with Crippen LogP contribution in [-0.2, 0) is 17.9 Å². The molecule has 0 spiro atoms. The van der Waals surface area contributed by atoms with Gasteiger partial charge in [-0.1, -0.05) is 42.0 Å². The van der Waals surface area contributed by atoms with Crippen molar-refractivity contribution in [3.05, 3.63) is 64.7 Å². The first kappa shape index (κ1) is 19.9. The summed E-state index contributed by atoms with van der Waals surface area (Å²) in [5.41, 5.74) is 4.01. The number of aliphatic carboxylic acids is 1. The highest BCUT2D eigenvalue weighted by Gasteiger charge is 2.28. The number of hydrogen-bond donors (Lipinski definition) is 1. The first-order valence-electron chi connectivity index (χ1n) is 8.62. The van der Waals surface area contributed by atoms with E-state index < -0.39 is 12.0 Å². The summed E-state index contributed by atoms with van der Waals surface area (Å²) in [6.07, 6.45) is 0. The number of hydrogen-bond acceptors (Lipinski definition) is 4. The summed E-state index contributed by atoms with van der Waals surface area (Å²) in [7, 11) is 7.46. The van der Waals surface area contributed by atoms with Gasteiger partial charge in [-0.15, -0.1) is 0 Å². The quantitative estimate of drug-likeness (QED) is 0.786. The van der Waals surface area contributed by atoms with E-state index in [0.29, 0.717) is 17.9 Å². The van der Waals surface area contributed by atoms with Gasteiger partial charge in [-0.25, -0.2) is 0 Å². The van der Waals surface area contributed by atoms with Gasteiger partial charge in [-0.2, -0.15) is 0 Å². The molecule has 2 aromatic rings. The third-order valence-corrected chi connectivity index (χ3v) is 4.38. The molecule has 0 saturated heterocycles. The molecule has 2 aromatic carbocycles. The van der Waals surface area contributed by atoms with Crippen LogP contribution in [0.3, 0.4) is 0 Å². The highest BCUT2D eigenvalue weighted by molar-refractivity contribution is 5.77. The maximum atomic E-state index is 12.1. The van der Waals surface area contributed by atoms with Crippen molar-refractivity contribution >= 4 is 5.97 Å². The minimum Gasteiger partial charge on any atom is -0.496 e. The van der Waals surface area contributed by atoms with Crippen LogP contribution in [0, 0.1) is 6.92 Å². The molecule has 2 rings (SSSR count). The van der Waals surface area contributed by atoms with Crippen LogP contribution in [0.1, 0.15) is 28.3 Å². The van der Waals surface area contributed by atoms with Gasteiger partial charge in [-0.05, 0) is 45.3 Å². The molecule has 0 saturated carbocycles.